The number of benzene rings is 3. The zero-order chi connectivity index (χ0) is 19.9. The van der Waals surface area contributed by atoms with Crippen LogP contribution in [0.5, 0.6) is 5.75 Å². The van der Waals surface area contributed by atoms with Crippen LogP contribution >= 0.6 is 34.8 Å². The summed E-state index contributed by atoms with van der Waals surface area (Å²) < 4.78 is 5.52. The molecule has 0 fully saturated rings. The van der Waals surface area contributed by atoms with Gasteiger partial charge in [-0.25, -0.2) is 0 Å². The molecule has 3 aromatic carbocycles. The van der Waals surface area contributed by atoms with Crippen LogP contribution in [0.1, 0.15) is 5.56 Å². The van der Waals surface area contributed by atoms with E-state index < -0.39 is 0 Å². The number of carbonyl (C=O) groups is 1. The molecule has 0 unspecified atom stereocenters. The fourth-order valence-corrected chi connectivity index (χ4v) is 2.93. The number of anilines is 2. The first kappa shape index (κ1) is 20.3. The number of hydrogen-bond acceptors (Lipinski definition) is 3. The van der Waals surface area contributed by atoms with Crippen molar-refractivity contribution >= 4 is 52.1 Å². The van der Waals surface area contributed by atoms with Gasteiger partial charge >= 0.3 is 0 Å². The first-order valence-electron chi connectivity index (χ1n) is 8.46. The van der Waals surface area contributed by atoms with Crippen LogP contribution in [-0.2, 0) is 11.3 Å². The Bertz CT molecular complexity index is 945. The molecule has 0 saturated heterocycles. The minimum atomic E-state index is -0.285. The van der Waals surface area contributed by atoms with Gasteiger partial charge in [-0.05, 0) is 66.2 Å². The molecule has 4 nitrogen and oxygen atoms in total. The number of ether oxygens (including phenoxy) is 1. The van der Waals surface area contributed by atoms with Gasteiger partial charge in [0.15, 0.2) is 6.61 Å². The molecule has 0 saturated carbocycles. The van der Waals surface area contributed by atoms with Crippen LogP contribution in [0.15, 0.2) is 66.7 Å². The summed E-state index contributed by atoms with van der Waals surface area (Å²) in [6.07, 6.45) is 0. The van der Waals surface area contributed by atoms with E-state index in [2.05, 4.69) is 10.6 Å². The lowest BCUT2D eigenvalue weighted by atomic mass is 10.2. The smallest absolute Gasteiger partial charge is 0.262 e. The Hall–Kier alpha value is -2.40. The van der Waals surface area contributed by atoms with Crippen molar-refractivity contribution in [1.29, 1.82) is 0 Å². The molecular weight excluding hydrogens is 419 g/mol. The van der Waals surface area contributed by atoms with Gasteiger partial charge in [-0.1, -0.05) is 40.9 Å². The molecule has 0 spiro atoms. The highest BCUT2D eigenvalue weighted by atomic mass is 35.5. The molecule has 0 atom stereocenters. The lowest BCUT2D eigenvalue weighted by molar-refractivity contribution is -0.118. The summed E-state index contributed by atoms with van der Waals surface area (Å²) >= 11 is 18.0. The molecule has 2 N–H and O–H groups in total. The van der Waals surface area contributed by atoms with Crippen LogP contribution in [0.3, 0.4) is 0 Å². The first-order chi connectivity index (χ1) is 13.5. The average molecular weight is 436 g/mol. The zero-order valence-corrected chi connectivity index (χ0v) is 17.0. The Balaban J connectivity index is 1.51. The Morgan fingerprint density at radius 3 is 2.04 bits per heavy atom. The van der Waals surface area contributed by atoms with E-state index in [4.69, 9.17) is 39.5 Å². The molecule has 0 heterocycles. The highest BCUT2D eigenvalue weighted by Crippen LogP contribution is 2.26. The Morgan fingerprint density at radius 2 is 1.43 bits per heavy atom. The second-order valence-corrected chi connectivity index (χ2v) is 7.25. The number of hydrogen-bond donors (Lipinski definition) is 2. The summed E-state index contributed by atoms with van der Waals surface area (Å²) in [5.74, 6) is 0.162. The van der Waals surface area contributed by atoms with Crippen molar-refractivity contribution in [1.82, 2.24) is 0 Å². The molecule has 1 amide bonds. The van der Waals surface area contributed by atoms with Crippen LogP contribution in [0.4, 0.5) is 11.4 Å². The normalized spacial score (nSPS) is 10.4. The Morgan fingerprint density at radius 1 is 0.821 bits per heavy atom. The van der Waals surface area contributed by atoms with E-state index in [0.29, 0.717) is 33.0 Å². The third-order valence-corrected chi connectivity index (χ3v) is 4.62. The van der Waals surface area contributed by atoms with Crippen molar-refractivity contribution in [2.45, 2.75) is 6.54 Å². The van der Waals surface area contributed by atoms with Gasteiger partial charge < -0.3 is 15.4 Å². The Labute approximate surface area is 178 Å². The summed E-state index contributed by atoms with van der Waals surface area (Å²) in [5, 5.41) is 7.75. The van der Waals surface area contributed by atoms with E-state index in [0.717, 1.165) is 11.3 Å². The summed E-state index contributed by atoms with van der Waals surface area (Å²) in [6.45, 7) is 0.448. The van der Waals surface area contributed by atoms with Crippen molar-refractivity contribution in [2.75, 3.05) is 17.2 Å². The molecule has 0 aliphatic carbocycles. The second-order valence-electron chi connectivity index (χ2n) is 5.97. The zero-order valence-electron chi connectivity index (χ0n) is 14.7. The van der Waals surface area contributed by atoms with Gasteiger partial charge in [0.1, 0.15) is 5.75 Å². The average Bonchev–Trinajstić information content (AvgIpc) is 2.68. The highest BCUT2D eigenvalue weighted by molar-refractivity contribution is 6.32. The van der Waals surface area contributed by atoms with Gasteiger partial charge in [-0.3, -0.25) is 4.79 Å². The molecule has 0 radical (unpaired) electrons. The van der Waals surface area contributed by atoms with Crippen LogP contribution in [-0.4, -0.2) is 12.5 Å². The standard InChI is InChI=1S/C21H17Cl3N2O2/c22-15-2-6-17(7-3-15)25-12-14-1-10-20(19(24)11-14)28-13-21(27)26-18-8-4-16(23)5-9-18/h1-11,25H,12-13H2,(H,26,27). The molecule has 0 aromatic heterocycles. The first-order valence-corrected chi connectivity index (χ1v) is 9.59. The third kappa shape index (κ3) is 6.06. The van der Waals surface area contributed by atoms with Crippen LogP contribution in [0.2, 0.25) is 15.1 Å². The van der Waals surface area contributed by atoms with E-state index in [-0.39, 0.29) is 12.5 Å². The number of halogens is 3. The van der Waals surface area contributed by atoms with E-state index in [9.17, 15) is 4.79 Å². The van der Waals surface area contributed by atoms with Crippen molar-refractivity contribution in [2.24, 2.45) is 0 Å². The third-order valence-electron chi connectivity index (χ3n) is 3.82. The number of nitrogens with one attached hydrogen (secondary N) is 2. The monoisotopic (exact) mass is 434 g/mol. The minimum Gasteiger partial charge on any atom is -0.482 e. The number of rotatable bonds is 7. The predicted molar refractivity (Wildman–Crippen MR) is 116 cm³/mol. The van der Waals surface area contributed by atoms with Crippen molar-refractivity contribution in [3.63, 3.8) is 0 Å². The molecule has 0 aliphatic heterocycles. The van der Waals surface area contributed by atoms with Crippen LogP contribution in [0, 0.1) is 0 Å². The fraction of sp³-hybridized carbons (Fsp3) is 0.0952. The van der Waals surface area contributed by atoms with Gasteiger partial charge in [0, 0.05) is 28.0 Å². The molecule has 7 heteroatoms. The summed E-state index contributed by atoms with van der Waals surface area (Å²) in [7, 11) is 0. The minimum absolute atomic E-state index is 0.148. The lowest BCUT2D eigenvalue weighted by Gasteiger charge is -2.11. The fourth-order valence-electron chi connectivity index (χ4n) is 2.42. The summed E-state index contributed by atoms with van der Waals surface area (Å²) in [6, 6.07) is 19.7. The van der Waals surface area contributed by atoms with E-state index >= 15 is 0 Å². The maximum atomic E-state index is 12.0. The maximum absolute atomic E-state index is 12.0. The van der Waals surface area contributed by atoms with E-state index in [1.165, 1.54) is 0 Å². The van der Waals surface area contributed by atoms with Gasteiger partial charge in [0.25, 0.3) is 5.91 Å². The molecule has 144 valence electrons. The summed E-state index contributed by atoms with van der Waals surface area (Å²) in [5.41, 5.74) is 2.59. The lowest BCUT2D eigenvalue weighted by Crippen LogP contribution is -2.20. The predicted octanol–water partition coefficient (Wildman–Crippen LogP) is 6.28. The van der Waals surface area contributed by atoms with E-state index in [1.807, 2.05) is 30.3 Å². The van der Waals surface area contributed by atoms with Gasteiger partial charge in [0.05, 0.1) is 5.02 Å². The van der Waals surface area contributed by atoms with Crippen molar-refractivity contribution < 1.29 is 9.53 Å². The SMILES string of the molecule is O=C(COc1ccc(CNc2ccc(Cl)cc2)cc1Cl)Nc1ccc(Cl)cc1. The number of amides is 1. The quantitative estimate of drug-likeness (QED) is 0.459. The van der Waals surface area contributed by atoms with E-state index in [1.54, 1.807) is 36.4 Å². The van der Waals surface area contributed by atoms with Crippen molar-refractivity contribution in [3.8, 4) is 5.75 Å². The van der Waals surface area contributed by atoms with Crippen LogP contribution < -0.4 is 15.4 Å². The molecule has 0 aliphatic rings. The maximum Gasteiger partial charge on any atom is 0.262 e. The van der Waals surface area contributed by atoms with Gasteiger partial charge in [-0.15, -0.1) is 0 Å². The molecule has 0 bridgehead atoms. The highest BCUT2D eigenvalue weighted by Gasteiger charge is 2.08. The van der Waals surface area contributed by atoms with Gasteiger partial charge in [0.2, 0.25) is 0 Å². The summed E-state index contributed by atoms with van der Waals surface area (Å²) in [4.78, 5) is 12.0. The largest absolute Gasteiger partial charge is 0.482 e. The second kappa shape index (κ2) is 9.69. The topological polar surface area (TPSA) is 50.4 Å². The molecule has 3 rings (SSSR count). The molecular formula is C21H17Cl3N2O2. The Kier molecular flexibility index (Phi) is 7.04. The van der Waals surface area contributed by atoms with Crippen molar-refractivity contribution in [3.05, 3.63) is 87.4 Å². The van der Waals surface area contributed by atoms with Gasteiger partial charge in [-0.2, -0.15) is 0 Å². The number of carbonyl (C=O) groups excluding carboxylic acids is 1. The van der Waals surface area contributed by atoms with Crippen LogP contribution in [0.25, 0.3) is 0 Å². The molecule has 28 heavy (non-hydrogen) atoms. The molecule has 3 aromatic rings.